The number of nitrogen functional groups attached to an aromatic ring is 1. The molecule has 0 amide bonds. The zero-order valence-corrected chi connectivity index (χ0v) is 10.6. The van der Waals surface area contributed by atoms with E-state index in [1.807, 2.05) is 31.2 Å². The number of para-hydroxylation sites is 1. The summed E-state index contributed by atoms with van der Waals surface area (Å²) < 4.78 is 6.70. The number of hydrogen-bond acceptors (Lipinski definition) is 4. The number of thiophene rings is 1. The second kappa shape index (κ2) is 5.27. The van der Waals surface area contributed by atoms with Crippen LogP contribution in [0.1, 0.15) is 6.92 Å². The highest BCUT2D eigenvalue weighted by Gasteiger charge is 2.07. The van der Waals surface area contributed by atoms with Crippen LogP contribution in [0, 0.1) is 0 Å². The van der Waals surface area contributed by atoms with Crippen LogP contribution in [0.3, 0.4) is 0 Å². The Labute approximate surface area is 103 Å². The normalized spacial score (nSPS) is 10.3. The number of anilines is 1. The third-order valence-electron chi connectivity index (χ3n) is 2.03. The summed E-state index contributed by atoms with van der Waals surface area (Å²) in [4.78, 5) is 1.05. The molecule has 0 aliphatic heterocycles. The van der Waals surface area contributed by atoms with Crippen LogP contribution in [-0.4, -0.2) is 6.61 Å². The van der Waals surface area contributed by atoms with Crippen LogP contribution in [0.2, 0.25) is 0 Å². The second-order valence-electron chi connectivity index (χ2n) is 3.14. The Bertz CT molecular complexity index is 454. The maximum absolute atomic E-state index is 6.04. The van der Waals surface area contributed by atoms with Crippen molar-refractivity contribution < 1.29 is 4.74 Å². The standard InChI is InChI=1S/C12H13NOS2/c1-2-14-9-5-3-6-10(12(9)13)16-11-7-4-8-15-11/h3-8H,2,13H2,1H3. The molecule has 0 atom stereocenters. The van der Waals surface area contributed by atoms with Crippen molar-refractivity contribution in [3.63, 3.8) is 0 Å². The van der Waals surface area contributed by atoms with E-state index in [4.69, 9.17) is 10.5 Å². The van der Waals surface area contributed by atoms with E-state index in [0.29, 0.717) is 6.61 Å². The number of rotatable bonds is 4. The van der Waals surface area contributed by atoms with Gasteiger partial charge in [-0.2, -0.15) is 0 Å². The van der Waals surface area contributed by atoms with Gasteiger partial charge in [-0.3, -0.25) is 0 Å². The van der Waals surface area contributed by atoms with Crippen molar-refractivity contribution in [1.29, 1.82) is 0 Å². The highest BCUT2D eigenvalue weighted by molar-refractivity contribution is 8.01. The third kappa shape index (κ3) is 2.51. The van der Waals surface area contributed by atoms with Gasteiger partial charge in [0.05, 0.1) is 16.5 Å². The number of ether oxygens (including phenoxy) is 1. The number of hydrogen-bond donors (Lipinski definition) is 1. The Kier molecular flexibility index (Phi) is 3.74. The molecule has 1 heterocycles. The van der Waals surface area contributed by atoms with Gasteiger partial charge in [-0.15, -0.1) is 11.3 Å². The monoisotopic (exact) mass is 251 g/mol. The molecule has 0 saturated carbocycles. The van der Waals surface area contributed by atoms with Crippen molar-refractivity contribution in [2.75, 3.05) is 12.3 Å². The Morgan fingerprint density at radius 1 is 1.31 bits per heavy atom. The lowest BCUT2D eigenvalue weighted by Crippen LogP contribution is -1.97. The zero-order valence-electron chi connectivity index (χ0n) is 8.97. The van der Waals surface area contributed by atoms with Gasteiger partial charge in [-0.1, -0.05) is 23.9 Å². The molecule has 2 aromatic rings. The molecule has 0 aliphatic carbocycles. The van der Waals surface area contributed by atoms with Crippen LogP contribution in [0.5, 0.6) is 5.75 Å². The van der Waals surface area contributed by atoms with E-state index in [-0.39, 0.29) is 0 Å². The first-order valence-electron chi connectivity index (χ1n) is 5.04. The van der Waals surface area contributed by atoms with E-state index in [0.717, 1.165) is 16.3 Å². The number of nitrogens with two attached hydrogens (primary N) is 1. The highest BCUT2D eigenvalue weighted by atomic mass is 32.2. The summed E-state index contributed by atoms with van der Waals surface area (Å²) in [6, 6.07) is 10.0. The van der Waals surface area contributed by atoms with Gasteiger partial charge < -0.3 is 10.5 Å². The van der Waals surface area contributed by atoms with Crippen LogP contribution in [0.25, 0.3) is 0 Å². The van der Waals surface area contributed by atoms with E-state index >= 15 is 0 Å². The summed E-state index contributed by atoms with van der Waals surface area (Å²) in [5.74, 6) is 0.768. The van der Waals surface area contributed by atoms with E-state index in [9.17, 15) is 0 Å². The minimum Gasteiger partial charge on any atom is -0.492 e. The van der Waals surface area contributed by atoms with Gasteiger partial charge in [0.1, 0.15) is 5.75 Å². The maximum atomic E-state index is 6.04. The highest BCUT2D eigenvalue weighted by Crippen LogP contribution is 2.38. The lowest BCUT2D eigenvalue weighted by atomic mass is 10.3. The molecule has 0 fully saturated rings. The molecule has 1 aromatic carbocycles. The molecular formula is C12H13NOS2. The van der Waals surface area contributed by atoms with Crippen LogP contribution in [0.4, 0.5) is 5.69 Å². The Hall–Kier alpha value is -1.13. The fourth-order valence-corrected chi connectivity index (χ4v) is 3.12. The predicted octanol–water partition coefficient (Wildman–Crippen LogP) is 3.88. The third-order valence-corrected chi connectivity index (χ3v) is 4.15. The fraction of sp³-hybridized carbons (Fsp3) is 0.167. The van der Waals surface area contributed by atoms with Crippen LogP contribution in [0.15, 0.2) is 44.8 Å². The molecule has 2 N–H and O–H groups in total. The minimum absolute atomic E-state index is 0.636. The van der Waals surface area contributed by atoms with Gasteiger partial charge in [0.15, 0.2) is 0 Å². The zero-order chi connectivity index (χ0) is 11.4. The quantitative estimate of drug-likeness (QED) is 0.838. The van der Waals surface area contributed by atoms with Crippen molar-refractivity contribution in [2.45, 2.75) is 16.0 Å². The van der Waals surface area contributed by atoms with Crippen LogP contribution < -0.4 is 10.5 Å². The molecule has 16 heavy (non-hydrogen) atoms. The summed E-state index contributed by atoms with van der Waals surface area (Å²) in [6.07, 6.45) is 0. The fourth-order valence-electron chi connectivity index (χ4n) is 1.32. The van der Waals surface area contributed by atoms with Crippen molar-refractivity contribution in [2.24, 2.45) is 0 Å². The smallest absolute Gasteiger partial charge is 0.143 e. The largest absolute Gasteiger partial charge is 0.492 e. The van der Waals surface area contributed by atoms with Crippen molar-refractivity contribution >= 4 is 28.8 Å². The Balaban J connectivity index is 2.24. The molecule has 84 valence electrons. The summed E-state index contributed by atoms with van der Waals surface area (Å²) in [7, 11) is 0. The lowest BCUT2D eigenvalue weighted by molar-refractivity contribution is 0.341. The van der Waals surface area contributed by atoms with Crippen LogP contribution >= 0.6 is 23.1 Å². The van der Waals surface area contributed by atoms with Crippen molar-refractivity contribution in [3.8, 4) is 5.75 Å². The summed E-state index contributed by atoms with van der Waals surface area (Å²) in [6.45, 7) is 2.59. The molecule has 1 aromatic heterocycles. The van der Waals surface area contributed by atoms with Crippen molar-refractivity contribution in [3.05, 3.63) is 35.7 Å². The lowest BCUT2D eigenvalue weighted by Gasteiger charge is -2.09. The molecule has 2 rings (SSSR count). The summed E-state index contributed by atoms with van der Waals surface area (Å²) in [5.41, 5.74) is 6.77. The van der Waals surface area contributed by atoms with Gasteiger partial charge >= 0.3 is 0 Å². The molecule has 0 unspecified atom stereocenters. The molecule has 2 nitrogen and oxygen atoms in total. The molecule has 0 spiro atoms. The predicted molar refractivity (Wildman–Crippen MR) is 70.5 cm³/mol. The average molecular weight is 251 g/mol. The second-order valence-corrected chi connectivity index (χ2v) is 5.43. The van der Waals surface area contributed by atoms with Gasteiger partial charge in [-0.05, 0) is 30.5 Å². The maximum Gasteiger partial charge on any atom is 0.143 e. The molecule has 4 heteroatoms. The summed E-state index contributed by atoms with van der Waals surface area (Å²) >= 11 is 3.39. The Morgan fingerprint density at radius 3 is 2.88 bits per heavy atom. The van der Waals surface area contributed by atoms with E-state index < -0.39 is 0 Å². The Morgan fingerprint density at radius 2 is 2.19 bits per heavy atom. The van der Waals surface area contributed by atoms with E-state index in [2.05, 4.69) is 11.4 Å². The first-order chi connectivity index (χ1) is 7.81. The summed E-state index contributed by atoms with van der Waals surface area (Å²) in [5, 5.41) is 2.06. The van der Waals surface area contributed by atoms with Gasteiger partial charge in [0.2, 0.25) is 0 Å². The molecule has 0 saturated heterocycles. The minimum atomic E-state index is 0.636. The SMILES string of the molecule is CCOc1cccc(Sc2cccs2)c1N. The van der Waals surface area contributed by atoms with Gasteiger partial charge in [0, 0.05) is 4.90 Å². The average Bonchev–Trinajstić information content (AvgIpc) is 2.77. The van der Waals surface area contributed by atoms with Crippen LogP contribution in [-0.2, 0) is 0 Å². The van der Waals surface area contributed by atoms with Gasteiger partial charge in [-0.25, -0.2) is 0 Å². The molecule has 0 radical (unpaired) electrons. The van der Waals surface area contributed by atoms with Crippen molar-refractivity contribution in [1.82, 2.24) is 0 Å². The molecular weight excluding hydrogens is 238 g/mol. The number of benzene rings is 1. The topological polar surface area (TPSA) is 35.2 Å². The van der Waals surface area contributed by atoms with Gasteiger partial charge in [0.25, 0.3) is 0 Å². The first kappa shape index (κ1) is 11.4. The first-order valence-corrected chi connectivity index (χ1v) is 6.73. The van der Waals surface area contributed by atoms with E-state index in [1.54, 1.807) is 23.1 Å². The molecule has 0 bridgehead atoms. The van der Waals surface area contributed by atoms with E-state index in [1.165, 1.54) is 4.21 Å². The molecule has 0 aliphatic rings.